The van der Waals surface area contributed by atoms with Crippen molar-refractivity contribution in [3.05, 3.63) is 11.6 Å². The Hall–Kier alpha value is -0.540. The number of rotatable bonds is 4. The Morgan fingerprint density at radius 2 is 2.13 bits per heavy atom. The van der Waals surface area contributed by atoms with Crippen LogP contribution in [0.1, 0.15) is 19.3 Å². The standard InChI is InChI=1S/C11H16ClNO2/c1-6(12)5-13-10-8-3-2-7(4-8)9(10)11(14)15/h7-10,13H,1-5H2,(H,14,15). The first-order chi connectivity index (χ1) is 7.09. The van der Waals surface area contributed by atoms with Crippen molar-refractivity contribution in [1.82, 2.24) is 5.32 Å². The molecule has 3 nitrogen and oxygen atoms in total. The monoisotopic (exact) mass is 229 g/mol. The highest BCUT2D eigenvalue weighted by atomic mass is 35.5. The molecular weight excluding hydrogens is 214 g/mol. The molecule has 0 radical (unpaired) electrons. The average molecular weight is 230 g/mol. The van der Waals surface area contributed by atoms with E-state index in [1.54, 1.807) is 0 Å². The van der Waals surface area contributed by atoms with Crippen LogP contribution < -0.4 is 5.32 Å². The topological polar surface area (TPSA) is 49.3 Å². The molecule has 0 heterocycles. The fourth-order valence-electron chi connectivity index (χ4n) is 3.17. The first-order valence-corrected chi connectivity index (χ1v) is 5.77. The molecule has 0 saturated heterocycles. The summed E-state index contributed by atoms with van der Waals surface area (Å²) in [6, 6.07) is 0.0942. The van der Waals surface area contributed by atoms with Crippen LogP contribution >= 0.6 is 11.6 Å². The van der Waals surface area contributed by atoms with E-state index in [0.29, 0.717) is 23.4 Å². The van der Waals surface area contributed by atoms with E-state index in [0.717, 1.165) is 19.3 Å². The quantitative estimate of drug-likeness (QED) is 0.773. The SMILES string of the molecule is C=C(Cl)CNC1C2CCC(C2)C1C(=O)O. The van der Waals surface area contributed by atoms with Crippen molar-refractivity contribution in [1.29, 1.82) is 0 Å². The van der Waals surface area contributed by atoms with Gasteiger partial charge in [0.2, 0.25) is 0 Å². The molecule has 0 aromatic heterocycles. The van der Waals surface area contributed by atoms with E-state index in [-0.39, 0.29) is 12.0 Å². The summed E-state index contributed by atoms with van der Waals surface area (Å²) in [5.41, 5.74) is 0. The first-order valence-electron chi connectivity index (χ1n) is 5.39. The van der Waals surface area contributed by atoms with Gasteiger partial charge in [-0.3, -0.25) is 4.79 Å². The minimum atomic E-state index is -0.667. The number of carbonyl (C=O) groups is 1. The number of hydrogen-bond donors (Lipinski definition) is 2. The van der Waals surface area contributed by atoms with E-state index in [4.69, 9.17) is 11.6 Å². The Morgan fingerprint density at radius 3 is 2.73 bits per heavy atom. The second-order valence-corrected chi connectivity index (χ2v) is 5.16. The summed E-state index contributed by atoms with van der Waals surface area (Å²) in [7, 11) is 0. The summed E-state index contributed by atoms with van der Waals surface area (Å²) in [6.07, 6.45) is 3.28. The summed E-state index contributed by atoms with van der Waals surface area (Å²) in [5, 5.41) is 13.0. The van der Waals surface area contributed by atoms with Crippen molar-refractivity contribution >= 4 is 17.6 Å². The first kappa shape index (κ1) is 11.0. The number of fused-ring (bicyclic) bond motifs is 2. The molecule has 2 bridgehead atoms. The fraction of sp³-hybridized carbons (Fsp3) is 0.727. The van der Waals surface area contributed by atoms with Crippen LogP contribution in [-0.4, -0.2) is 23.7 Å². The maximum absolute atomic E-state index is 11.2. The van der Waals surface area contributed by atoms with E-state index in [1.165, 1.54) is 0 Å². The largest absolute Gasteiger partial charge is 0.481 e. The molecule has 4 heteroatoms. The lowest BCUT2D eigenvalue weighted by Gasteiger charge is -2.28. The van der Waals surface area contributed by atoms with Crippen LogP contribution in [0.5, 0.6) is 0 Å². The lowest BCUT2D eigenvalue weighted by atomic mass is 9.84. The molecule has 0 amide bonds. The fourth-order valence-corrected chi connectivity index (χ4v) is 3.25. The lowest BCUT2D eigenvalue weighted by Crippen LogP contribution is -2.44. The third-order valence-electron chi connectivity index (χ3n) is 3.73. The van der Waals surface area contributed by atoms with Gasteiger partial charge in [-0.1, -0.05) is 18.2 Å². The van der Waals surface area contributed by atoms with Gasteiger partial charge in [0.1, 0.15) is 0 Å². The van der Waals surface area contributed by atoms with E-state index >= 15 is 0 Å². The number of halogens is 1. The molecule has 0 aromatic carbocycles. The van der Waals surface area contributed by atoms with Crippen LogP contribution in [-0.2, 0) is 4.79 Å². The summed E-state index contributed by atoms with van der Waals surface area (Å²) in [6.45, 7) is 4.12. The highest BCUT2D eigenvalue weighted by Crippen LogP contribution is 2.48. The number of aliphatic carboxylic acids is 1. The smallest absolute Gasteiger partial charge is 0.308 e. The molecule has 2 rings (SSSR count). The Morgan fingerprint density at radius 1 is 1.47 bits per heavy atom. The highest BCUT2D eigenvalue weighted by Gasteiger charge is 2.50. The third-order valence-corrected chi connectivity index (χ3v) is 3.86. The van der Waals surface area contributed by atoms with Crippen molar-refractivity contribution in [3.63, 3.8) is 0 Å². The Kier molecular flexibility index (Phi) is 3.03. The highest BCUT2D eigenvalue weighted by molar-refractivity contribution is 6.29. The van der Waals surface area contributed by atoms with E-state index in [2.05, 4.69) is 11.9 Å². The van der Waals surface area contributed by atoms with Gasteiger partial charge in [-0.2, -0.15) is 0 Å². The minimum absolute atomic E-state index is 0.0942. The molecule has 4 atom stereocenters. The molecule has 2 fully saturated rings. The molecular formula is C11H16ClNO2. The zero-order chi connectivity index (χ0) is 11.0. The Labute approximate surface area is 94.5 Å². The second kappa shape index (κ2) is 4.14. The summed E-state index contributed by atoms with van der Waals surface area (Å²) >= 11 is 5.68. The van der Waals surface area contributed by atoms with Crippen molar-refractivity contribution in [2.75, 3.05) is 6.54 Å². The van der Waals surface area contributed by atoms with Crippen LogP contribution in [0, 0.1) is 17.8 Å². The molecule has 0 aromatic rings. The van der Waals surface area contributed by atoms with Crippen LogP contribution in [0.15, 0.2) is 11.6 Å². The molecule has 0 spiro atoms. The van der Waals surface area contributed by atoms with E-state index < -0.39 is 5.97 Å². The predicted molar refractivity (Wildman–Crippen MR) is 58.7 cm³/mol. The minimum Gasteiger partial charge on any atom is -0.481 e. The third kappa shape index (κ3) is 2.04. The van der Waals surface area contributed by atoms with Gasteiger partial charge >= 0.3 is 5.97 Å². The molecule has 2 aliphatic carbocycles. The molecule has 84 valence electrons. The summed E-state index contributed by atoms with van der Waals surface area (Å²) < 4.78 is 0. The molecule has 4 unspecified atom stereocenters. The lowest BCUT2D eigenvalue weighted by molar-refractivity contribution is -0.144. The molecule has 15 heavy (non-hydrogen) atoms. The maximum atomic E-state index is 11.2. The zero-order valence-electron chi connectivity index (χ0n) is 8.58. The van der Waals surface area contributed by atoms with Gasteiger partial charge in [-0.05, 0) is 31.1 Å². The Balaban J connectivity index is 2.02. The number of carboxylic acids is 1. The van der Waals surface area contributed by atoms with E-state index in [1.807, 2.05) is 0 Å². The second-order valence-electron chi connectivity index (χ2n) is 4.62. The number of carboxylic acid groups (broad SMARTS) is 1. The summed E-state index contributed by atoms with van der Waals surface area (Å²) in [5.74, 6) is 0.000332. The van der Waals surface area contributed by atoms with Gasteiger partial charge in [-0.25, -0.2) is 0 Å². The van der Waals surface area contributed by atoms with Crippen LogP contribution in [0.25, 0.3) is 0 Å². The molecule has 2 aliphatic rings. The van der Waals surface area contributed by atoms with Gasteiger partial charge in [0.25, 0.3) is 0 Å². The molecule has 0 aliphatic heterocycles. The predicted octanol–water partition coefficient (Wildman–Crippen LogP) is 1.83. The van der Waals surface area contributed by atoms with Crippen molar-refractivity contribution in [2.24, 2.45) is 17.8 Å². The van der Waals surface area contributed by atoms with Crippen molar-refractivity contribution < 1.29 is 9.90 Å². The maximum Gasteiger partial charge on any atom is 0.308 e. The van der Waals surface area contributed by atoms with Gasteiger partial charge in [0.05, 0.1) is 5.92 Å². The number of hydrogen-bond acceptors (Lipinski definition) is 2. The van der Waals surface area contributed by atoms with Gasteiger partial charge in [-0.15, -0.1) is 0 Å². The van der Waals surface area contributed by atoms with Gasteiger partial charge < -0.3 is 10.4 Å². The van der Waals surface area contributed by atoms with Gasteiger partial charge in [0.15, 0.2) is 0 Å². The Bertz CT molecular complexity index is 292. The van der Waals surface area contributed by atoms with Crippen LogP contribution in [0.3, 0.4) is 0 Å². The zero-order valence-corrected chi connectivity index (χ0v) is 9.33. The number of nitrogens with one attached hydrogen (secondary N) is 1. The van der Waals surface area contributed by atoms with Crippen LogP contribution in [0.2, 0.25) is 0 Å². The van der Waals surface area contributed by atoms with Crippen molar-refractivity contribution in [2.45, 2.75) is 25.3 Å². The van der Waals surface area contributed by atoms with Gasteiger partial charge in [0, 0.05) is 17.6 Å². The normalized spacial score (nSPS) is 38.2. The van der Waals surface area contributed by atoms with Crippen molar-refractivity contribution in [3.8, 4) is 0 Å². The average Bonchev–Trinajstić information content (AvgIpc) is 2.72. The summed E-state index contributed by atoms with van der Waals surface area (Å²) in [4.78, 5) is 11.2. The van der Waals surface area contributed by atoms with E-state index in [9.17, 15) is 9.90 Å². The molecule has 2 N–H and O–H groups in total. The van der Waals surface area contributed by atoms with Crippen LogP contribution in [0.4, 0.5) is 0 Å². The molecule has 2 saturated carbocycles.